The summed E-state index contributed by atoms with van der Waals surface area (Å²) >= 11 is 3.33. The van der Waals surface area contributed by atoms with E-state index in [2.05, 4.69) is 15.9 Å². The lowest BCUT2D eigenvalue weighted by Gasteiger charge is -2.16. The lowest BCUT2D eigenvalue weighted by Crippen LogP contribution is -2.28. The van der Waals surface area contributed by atoms with Gasteiger partial charge in [0.15, 0.2) is 0 Å². The average molecular weight is 294 g/mol. The third kappa shape index (κ3) is 5.42. The number of halogens is 3. The van der Waals surface area contributed by atoms with E-state index in [1.165, 1.54) is 0 Å². The molecular weight excluding hydrogens is 280 g/mol. The van der Waals surface area contributed by atoms with Crippen LogP contribution in [-0.2, 0) is 0 Å². The minimum atomic E-state index is -2.30. The molecular formula is C11H14BrF2NO. The van der Waals surface area contributed by atoms with Gasteiger partial charge in [0.25, 0.3) is 6.43 Å². The van der Waals surface area contributed by atoms with Crippen LogP contribution in [0.15, 0.2) is 28.7 Å². The Morgan fingerprint density at radius 3 is 2.81 bits per heavy atom. The first-order chi connectivity index (χ1) is 7.58. The molecule has 0 aromatic heterocycles. The standard InChI is InChI=1S/C11H14BrF2NO/c1-15(8-11(13)14)5-6-16-10-4-2-3-9(12)7-10/h2-4,7,11H,5-6,8H2,1H3. The third-order valence-electron chi connectivity index (χ3n) is 1.99. The first-order valence-corrected chi connectivity index (χ1v) is 5.72. The van der Waals surface area contributed by atoms with Gasteiger partial charge in [-0.15, -0.1) is 0 Å². The first-order valence-electron chi connectivity index (χ1n) is 4.93. The van der Waals surface area contributed by atoms with E-state index in [1.807, 2.05) is 24.3 Å². The molecule has 0 atom stereocenters. The SMILES string of the molecule is CN(CCOc1cccc(Br)c1)CC(F)F. The zero-order valence-corrected chi connectivity index (χ0v) is 10.6. The Hall–Kier alpha value is -0.680. The molecule has 0 N–H and O–H groups in total. The fourth-order valence-corrected chi connectivity index (χ4v) is 1.58. The molecule has 1 aromatic carbocycles. The number of ether oxygens (including phenoxy) is 1. The second-order valence-corrected chi connectivity index (χ2v) is 4.37. The minimum Gasteiger partial charge on any atom is -0.492 e. The number of benzene rings is 1. The van der Waals surface area contributed by atoms with Gasteiger partial charge >= 0.3 is 0 Å². The topological polar surface area (TPSA) is 12.5 Å². The normalized spacial score (nSPS) is 11.1. The van der Waals surface area contributed by atoms with Crippen LogP contribution >= 0.6 is 15.9 Å². The van der Waals surface area contributed by atoms with Crippen LogP contribution in [-0.4, -0.2) is 38.1 Å². The largest absolute Gasteiger partial charge is 0.492 e. The van der Waals surface area contributed by atoms with Gasteiger partial charge in [-0.1, -0.05) is 22.0 Å². The smallest absolute Gasteiger partial charge is 0.251 e. The van der Waals surface area contributed by atoms with E-state index < -0.39 is 6.43 Å². The highest BCUT2D eigenvalue weighted by Crippen LogP contribution is 2.17. The van der Waals surface area contributed by atoms with E-state index in [4.69, 9.17) is 4.74 Å². The van der Waals surface area contributed by atoms with Crippen molar-refractivity contribution in [3.63, 3.8) is 0 Å². The molecule has 0 bridgehead atoms. The first kappa shape index (κ1) is 13.4. The molecule has 0 unspecified atom stereocenters. The summed E-state index contributed by atoms with van der Waals surface area (Å²) < 4.78 is 30.4. The van der Waals surface area contributed by atoms with Crippen LogP contribution in [0.4, 0.5) is 8.78 Å². The lowest BCUT2D eigenvalue weighted by molar-refractivity contribution is 0.0935. The number of hydrogen-bond donors (Lipinski definition) is 0. The molecule has 0 heterocycles. The average Bonchev–Trinajstić information content (AvgIpc) is 2.16. The fourth-order valence-electron chi connectivity index (χ4n) is 1.20. The predicted octanol–water partition coefficient (Wildman–Crippen LogP) is 3.02. The van der Waals surface area contributed by atoms with Gasteiger partial charge in [-0.2, -0.15) is 0 Å². The molecule has 1 rings (SSSR count). The van der Waals surface area contributed by atoms with E-state index >= 15 is 0 Å². The molecule has 0 radical (unpaired) electrons. The van der Waals surface area contributed by atoms with Gasteiger partial charge in [-0.3, -0.25) is 4.90 Å². The molecule has 0 aliphatic rings. The highest BCUT2D eigenvalue weighted by molar-refractivity contribution is 9.10. The van der Waals surface area contributed by atoms with Gasteiger partial charge in [-0.25, -0.2) is 8.78 Å². The van der Waals surface area contributed by atoms with Crippen LogP contribution in [0.1, 0.15) is 0 Å². The highest BCUT2D eigenvalue weighted by atomic mass is 79.9. The molecule has 0 saturated heterocycles. The predicted molar refractivity (Wildman–Crippen MR) is 63.1 cm³/mol. The summed E-state index contributed by atoms with van der Waals surface area (Å²) in [6.45, 7) is 0.665. The summed E-state index contributed by atoms with van der Waals surface area (Å²) in [4.78, 5) is 1.54. The van der Waals surface area contributed by atoms with Crippen molar-refractivity contribution in [2.24, 2.45) is 0 Å². The van der Waals surface area contributed by atoms with E-state index in [0.717, 1.165) is 10.2 Å². The molecule has 90 valence electrons. The molecule has 0 amide bonds. The van der Waals surface area contributed by atoms with Crippen molar-refractivity contribution in [3.8, 4) is 5.75 Å². The monoisotopic (exact) mass is 293 g/mol. The number of likely N-dealkylation sites (N-methyl/N-ethyl adjacent to an activating group) is 1. The van der Waals surface area contributed by atoms with Crippen molar-refractivity contribution >= 4 is 15.9 Å². The number of hydrogen-bond acceptors (Lipinski definition) is 2. The Balaban J connectivity index is 2.25. The van der Waals surface area contributed by atoms with E-state index in [9.17, 15) is 8.78 Å². The maximum absolute atomic E-state index is 12.0. The van der Waals surface area contributed by atoms with E-state index in [0.29, 0.717) is 13.2 Å². The number of rotatable bonds is 6. The molecule has 0 aliphatic heterocycles. The summed E-state index contributed by atoms with van der Waals surface area (Å²) in [7, 11) is 1.65. The quantitative estimate of drug-likeness (QED) is 0.799. The Kier molecular flexibility index (Phi) is 5.69. The second kappa shape index (κ2) is 6.81. The second-order valence-electron chi connectivity index (χ2n) is 3.46. The summed E-state index contributed by atoms with van der Waals surface area (Å²) in [5.74, 6) is 0.736. The molecule has 5 heteroatoms. The van der Waals surface area contributed by atoms with Gasteiger partial charge < -0.3 is 4.74 Å². The van der Waals surface area contributed by atoms with Crippen LogP contribution < -0.4 is 4.74 Å². The van der Waals surface area contributed by atoms with Crippen molar-refractivity contribution in [1.29, 1.82) is 0 Å². The van der Waals surface area contributed by atoms with Crippen molar-refractivity contribution < 1.29 is 13.5 Å². The van der Waals surface area contributed by atoms with Crippen LogP contribution in [0, 0.1) is 0 Å². The summed E-state index contributed by atoms with van der Waals surface area (Å²) in [5, 5.41) is 0. The number of alkyl halides is 2. The van der Waals surface area contributed by atoms with Crippen molar-refractivity contribution in [2.45, 2.75) is 6.43 Å². The van der Waals surface area contributed by atoms with Crippen LogP contribution in [0.25, 0.3) is 0 Å². The number of nitrogens with zero attached hydrogens (tertiary/aromatic N) is 1. The molecule has 0 fully saturated rings. The Morgan fingerprint density at radius 1 is 1.44 bits per heavy atom. The van der Waals surface area contributed by atoms with Crippen molar-refractivity contribution in [1.82, 2.24) is 4.90 Å². The molecule has 0 spiro atoms. The molecule has 16 heavy (non-hydrogen) atoms. The maximum Gasteiger partial charge on any atom is 0.251 e. The third-order valence-corrected chi connectivity index (χ3v) is 2.48. The fraction of sp³-hybridized carbons (Fsp3) is 0.455. The molecule has 2 nitrogen and oxygen atoms in total. The van der Waals surface area contributed by atoms with E-state index in [-0.39, 0.29) is 6.54 Å². The summed E-state index contributed by atoms with van der Waals surface area (Å²) in [6.07, 6.45) is -2.30. The zero-order chi connectivity index (χ0) is 12.0. The maximum atomic E-state index is 12.0. The van der Waals surface area contributed by atoms with E-state index in [1.54, 1.807) is 11.9 Å². The molecule has 1 aromatic rings. The summed E-state index contributed by atoms with van der Waals surface area (Å²) in [5.41, 5.74) is 0. The van der Waals surface area contributed by atoms with Gasteiger partial charge in [0.1, 0.15) is 12.4 Å². The van der Waals surface area contributed by atoms with Crippen molar-refractivity contribution in [2.75, 3.05) is 26.7 Å². The Labute approximate surface area is 102 Å². The lowest BCUT2D eigenvalue weighted by atomic mass is 10.3. The van der Waals surface area contributed by atoms with Crippen LogP contribution in [0.2, 0.25) is 0 Å². The summed E-state index contributed by atoms with van der Waals surface area (Å²) in [6, 6.07) is 7.43. The van der Waals surface area contributed by atoms with Gasteiger partial charge in [0, 0.05) is 11.0 Å². The highest BCUT2D eigenvalue weighted by Gasteiger charge is 2.07. The molecule has 0 saturated carbocycles. The Bertz CT molecular complexity index is 323. The molecule has 0 aliphatic carbocycles. The zero-order valence-electron chi connectivity index (χ0n) is 9.00. The van der Waals surface area contributed by atoms with Gasteiger partial charge in [0.05, 0.1) is 6.54 Å². The van der Waals surface area contributed by atoms with Gasteiger partial charge in [-0.05, 0) is 25.2 Å². The van der Waals surface area contributed by atoms with Crippen molar-refractivity contribution in [3.05, 3.63) is 28.7 Å². The van der Waals surface area contributed by atoms with Crippen LogP contribution in [0.5, 0.6) is 5.75 Å². The van der Waals surface area contributed by atoms with Crippen LogP contribution in [0.3, 0.4) is 0 Å². The minimum absolute atomic E-state index is 0.220. The Morgan fingerprint density at radius 2 is 2.19 bits per heavy atom. The van der Waals surface area contributed by atoms with Gasteiger partial charge in [0.2, 0.25) is 0 Å².